The van der Waals surface area contributed by atoms with E-state index in [0.29, 0.717) is 6.61 Å². The van der Waals surface area contributed by atoms with Crippen LogP contribution in [0.2, 0.25) is 51.4 Å². The van der Waals surface area contributed by atoms with Crippen molar-refractivity contribution in [2.24, 2.45) is 0 Å². The SMILES string of the molecule is CCCC[Si](C)(C)O[Si](C)(C)O[Si](C)(C)CCCOCCF. The summed E-state index contributed by atoms with van der Waals surface area (Å²) >= 11 is 0. The van der Waals surface area contributed by atoms with E-state index >= 15 is 0 Å². The van der Waals surface area contributed by atoms with Crippen molar-refractivity contribution in [1.29, 1.82) is 0 Å². The van der Waals surface area contributed by atoms with Crippen LogP contribution in [0.1, 0.15) is 26.2 Å². The van der Waals surface area contributed by atoms with Crippen molar-refractivity contribution in [1.82, 2.24) is 0 Å². The molecule has 0 heterocycles. The lowest BCUT2D eigenvalue weighted by molar-refractivity contribution is 0.119. The van der Waals surface area contributed by atoms with Gasteiger partial charge in [-0.1, -0.05) is 19.8 Å². The largest absolute Gasteiger partial charge is 0.437 e. The van der Waals surface area contributed by atoms with Gasteiger partial charge >= 0.3 is 8.56 Å². The number of hydrogen-bond donors (Lipinski definition) is 0. The summed E-state index contributed by atoms with van der Waals surface area (Å²) in [4.78, 5) is 0. The fourth-order valence-corrected chi connectivity index (χ4v) is 17.0. The highest BCUT2D eigenvalue weighted by Gasteiger charge is 2.39. The Morgan fingerprint density at radius 1 is 0.773 bits per heavy atom. The predicted molar refractivity (Wildman–Crippen MR) is 101 cm³/mol. The number of halogens is 1. The van der Waals surface area contributed by atoms with Gasteiger partial charge in [-0.2, -0.15) is 0 Å². The summed E-state index contributed by atoms with van der Waals surface area (Å²) in [6.07, 6.45) is 3.42. The molecule has 0 unspecified atom stereocenters. The second kappa shape index (κ2) is 10.4. The molecule has 134 valence electrons. The molecule has 0 aliphatic carbocycles. The van der Waals surface area contributed by atoms with Crippen LogP contribution in [0.15, 0.2) is 0 Å². The van der Waals surface area contributed by atoms with E-state index in [0.717, 1.165) is 12.5 Å². The molecule has 0 rings (SSSR count). The molecule has 7 heteroatoms. The summed E-state index contributed by atoms with van der Waals surface area (Å²) in [6.45, 7) is 16.1. The summed E-state index contributed by atoms with van der Waals surface area (Å²) < 4.78 is 30.2. The zero-order valence-electron chi connectivity index (χ0n) is 15.8. The number of hydrogen-bond acceptors (Lipinski definition) is 3. The molecule has 0 bridgehead atoms. The Morgan fingerprint density at radius 3 is 1.73 bits per heavy atom. The Morgan fingerprint density at radius 2 is 1.27 bits per heavy atom. The predicted octanol–water partition coefficient (Wildman–Crippen LogP) is 5.31. The second-order valence-corrected chi connectivity index (χ2v) is 20.1. The smallest absolute Gasteiger partial charge is 0.311 e. The van der Waals surface area contributed by atoms with Gasteiger partial charge in [0, 0.05) is 6.61 Å². The van der Waals surface area contributed by atoms with Gasteiger partial charge in [0.05, 0.1) is 6.61 Å². The Labute approximate surface area is 140 Å². The average molecular weight is 369 g/mol. The summed E-state index contributed by atoms with van der Waals surface area (Å²) in [5, 5.41) is 0. The van der Waals surface area contributed by atoms with Gasteiger partial charge in [-0.05, 0) is 57.8 Å². The highest BCUT2D eigenvalue weighted by molar-refractivity contribution is 6.87. The molecule has 0 amide bonds. The van der Waals surface area contributed by atoms with E-state index in [1.165, 1.54) is 18.9 Å². The van der Waals surface area contributed by atoms with Crippen molar-refractivity contribution in [2.45, 2.75) is 77.6 Å². The van der Waals surface area contributed by atoms with Crippen LogP contribution in [0.4, 0.5) is 4.39 Å². The quantitative estimate of drug-likeness (QED) is 0.326. The lowest BCUT2D eigenvalue weighted by atomic mass is 10.4. The summed E-state index contributed by atoms with van der Waals surface area (Å²) in [5.41, 5.74) is 0. The monoisotopic (exact) mass is 368 g/mol. The van der Waals surface area contributed by atoms with Crippen molar-refractivity contribution >= 4 is 25.2 Å². The zero-order chi connectivity index (χ0) is 17.3. The highest BCUT2D eigenvalue weighted by Crippen LogP contribution is 2.26. The normalized spacial score (nSPS) is 13.6. The zero-order valence-corrected chi connectivity index (χ0v) is 18.8. The minimum atomic E-state index is -2.08. The van der Waals surface area contributed by atoms with Gasteiger partial charge in [-0.15, -0.1) is 0 Å². The van der Waals surface area contributed by atoms with Crippen LogP contribution in [0, 0.1) is 0 Å². The van der Waals surface area contributed by atoms with Crippen LogP contribution in [-0.2, 0) is 13.0 Å². The molecular weight excluding hydrogens is 331 g/mol. The fraction of sp³-hybridized carbons (Fsp3) is 1.00. The van der Waals surface area contributed by atoms with Gasteiger partial charge in [0.25, 0.3) is 0 Å². The molecule has 0 aromatic carbocycles. The molecule has 0 aromatic rings. The number of alkyl halides is 1. The molecule has 0 spiro atoms. The fourth-order valence-electron chi connectivity index (χ4n) is 2.81. The van der Waals surface area contributed by atoms with Gasteiger partial charge in [0.2, 0.25) is 0 Å². The van der Waals surface area contributed by atoms with Crippen molar-refractivity contribution in [3.63, 3.8) is 0 Å². The second-order valence-electron chi connectivity index (χ2n) is 7.63. The van der Waals surface area contributed by atoms with Gasteiger partial charge in [0.1, 0.15) is 6.67 Å². The van der Waals surface area contributed by atoms with Crippen LogP contribution < -0.4 is 0 Å². The lowest BCUT2D eigenvalue weighted by Crippen LogP contribution is -2.52. The standard InChI is InChI=1S/C15H37FO3Si3/c1-8-9-14-20(2,3)18-22(6,7)19-21(4,5)15-10-12-17-13-11-16/h8-15H2,1-7H3. The molecule has 0 radical (unpaired) electrons. The van der Waals surface area contributed by atoms with Crippen LogP contribution in [-0.4, -0.2) is 45.1 Å². The van der Waals surface area contributed by atoms with E-state index in [9.17, 15) is 4.39 Å². The molecule has 0 saturated heterocycles. The van der Waals surface area contributed by atoms with Crippen molar-refractivity contribution in [2.75, 3.05) is 19.9 Å². The molecule has 0 N–H and O–H groups in total. The molecule has 22 heavy (non-hydrogen) atoms. The number of ether oxygens (including phenoxy) is 1. The Balaban J connectivity index is 4.29. The maximum atomic E-state index is 12.0. The average Bonchev–Trinajstić information content (AvgIpc) is 2.33. The van der Waals surface area contributed by atoms with Gasteiger partial charge in [-0.25, -0.2) is 4.39 Å². The van der Waals surface area contributed by atoms with E-state index in [4.69, 9.17) is 13.0 Å². The van der Waals surface area contributed by atoms with Gasteiger partial charge in [0.15, 0.2) is 16.6 Å². The van der Waals surface area contributed by atoms with E-state index in [1.807, 2.05) is 0 Å². The van der Waals surface area contributed by atoms with E-state index in [1.54, 1.807) is 0 Å². The van der Waals surface area contributed by atoms with Crippen LogP contribution in [0.5, 0.6) is 0 Å². The third kappa shape index (κ3) is 12.0. The Kier molecular flexibility index (Phi) is 10.6. The molecule has 0 saturated carbocycles. The summed E-state index contributed by atoms with van der Waals surface area (Å²) in [7, 11) is -5.44. The number of rotatable bonds is 13. The maximum Gasteiger partial charge on any atom is 0.311 e. The first-order valence-electron chi connectivity index (χ1n) is 8.58. The summed E-state index contributed by atoms with van der Waals surface area (Å²) in [5.74, 6) is 0. The molecule has 0 atom stereocenters. The molecule has 3 nitrogen and oxygen atoms in total. The maximum absolute atomic E-state index is 12.0. The first kappa shape index (κ1) is 22.5. The van der Waals surface area contributed by atoms with Crippen molar-refractivity contribution in [3.8, 4) is 0 Å². The molecular formula is C15H37FO3Si3. The van der Waals surface area contributed by atoms with Gasteiger partial charge < -0.3 is 13.0 Å². The third-order valence-corrected chi connectivity index (χ3v) is 14.9. The number of unbranched alkanes of at least 4 members (excludes halogenated alkanes) is 1. The highest BCUT2D eigenvalue weighted by atomic mass is 28.5. The van der Waals surface area contributed by atoms with Crippen LogP contribution in [0.3, 0.4) is 0 Å². The van der Waals surface area contributed by atoms with E-state index in [-0.39, 0.29) is 6.61 Å². The minimum Gasteiger partial charge on any atom is -0.437 e. The Hall–Kier alpha value is 0.461. The Bertz CT molecular complexity index is 300. The molecule has 0 aliphatic rings. The summed E-state index contributed by atoms with van der Waals surface area (Å²) in [6, 6.07) is 2.25. The first-order chi connectivity index (χ1) is 10.0. The third-order valence-electron chi connectivity index (χ3n) is 3.47. The molecule has 0 aliphatic heterocycles. The molecule has 0 fully saturated rings. The topological polar surface area (TPSA) is 27.7 Å². The van der Waals surface area contributed by atoms with E-state index < -0.39 is 31.9 Å². The van der Waals surface area contributed by atoms with Crippen molar-refractivity contribution < 1.29 is 17.4 Å². The van der Waals surface area contributed by atoms with Crippen molar-refractivity contribution in [3.05, 3.63) is 0 Å². The van der Waals surface area contributed by atoms with E-state index in [2.05, 4.69) is 46.2 Å². The van der Waals surface area contributed by atoms with Crippen LogP contribution in [0.25, 0.3) is 0 Å². The molecule has 0 aromatic heterocycles. The van der Waals surface area contributed by atoms with Crippen LogP contribution >= 0.6 is 0 Å². The first-order valence-corrected chi connectivity index (χ1v) is 17.6. The van der Waals surface area contributed by atoms with Gasteiger partial charge in [-0.3, -0.25) is 0 Å². The minimum absolute atomic E-state index is 0.212. The lowest BCUT2D eigenvalue weighted by Gasteiger charge is -2.38.